The first kappa shape index (κ1) is 54.4. The Morgan fingerprint density at radius 1 is 0.842 bits per heavy atom. The number of carboxylic acid groups (broad SMARTS) is 1. The van der Waals surface area contributed by atoms with Gasteiger partial charge in [0, 0.05) is 96.3 Å². The number of amides is 5. The van der Waals surface area contributed by atoms with Crippen molar-refractivity contribution in [2.24, 2.45) is 12.0 Å². The van der Waals surface area contributed by atoms with Crippen molar-refractivity contribution in [1.29, 1.82) is 0 Å². The third-order valence-corrected chi connectivity index (χ3v) is 14.8. The third kappa shape index (κ3) is 12.6. The molecule has 0 radical (unpaired) electrons. The Bertz CT molecular complexity index is 3370. The van der Waals surface area contributed by atoms with Gasteiger partial charge in [-0.15, -0.1) is 21.5 Å². The minimum Gasteiger partial charge on any atom is -0.480 e. The molecular formula is C53H59ClFN13O7S. The summed E-state index contributed by atoms with van der Waals surface area (Å²) in [6.45, 7) is 8.85. The third-order valence-electron chi connectivity index (χ3n) is 13.4. The topological polar surface area (TPSA) is 253 Å². The average Bonchev–Trinajstić information content (AvgIpc) is 4.12. The van der Waals surface area contributed by atoms with E-state index in [9.17, 15) is 28.8 Å². The fraction of sp³-hybridized carbons (Fsp3) is 0.377. The quantitative estimate of drug-likeness (QED) is 0.0679. The van der Waals surface area contributed by atoms with E-state index in [1.165, 1.54) is 33.7 Å². The first-order valence-electron chi connectivity index (χ1n) is 24.9. The van der Waals surface area contributed by atoms with Gasteiger partial charge in [-0.1, -0.05) is 35.9 Å². The summed E-state index contributed by atoms with van der Waals surface area (Å²) in [5.74, 6) is -1.65. The van der Waals surface area contributed by atoms with Crippen LogP contribution in [0.2, 0.25) is 5.02 Å². The highest BCUT2D eigenvalue weighted by Crippen LogP contribution is 2.40. The number of aromatic nitrogens is 7. The van der Waals surface area contributed by atoms with Crippen LogP contribution in [0.4, 0.5) is 4.39 Å². The van der Waals surface area contributed by atoms with Gasteiger partial charge in [0.1, 0.15) is 36.3 Å². The number of unbranched alkanes of at least 4 members (excludes halogenated alkanes) is 1. The predicted molar refractivity (Wildman–Crippen MR) is 286 cm³/mol. The number of benzene rings is 3. The molecule has 398 valence electrons. The number of carbonyl (C=O) groups is 6. The van der Waals surface area contributed by atoms with E-state index < -0.39 is 36.7 Å². The van der Waals surface area contributed by atoms with Crippen LogP contribution in [0.25, 0.3) is 37.9 Å². The molecule has 9 rings (SSSR count). The number of thiophene rings is 1. The van der Waals surface area contributed by atoms with Crippen LogP contribution in [-0.4, -0.2) is 125 Å². The van der Waals surface area contributed by atoms with Gasteiger partial charge < -0.3 is 31.3 Å². The highest BCUT2D eigenvalue weighted by molar-refractivity contribution is 7.15. The molecule has 0 aliphatic carbocycles. The van der Waals surface area contributed by atoms with E-state index in [0.717, 1.165) is 44.9 Å². The van der Waals surface area contributed by atoms with E-state index >= 15 is 4.39 Å². The van der Waals surface area contributed by atoms with Crippen molar-refractivity contribution in [2.45, 2.75) is 85.2 Å². The minimum atomic E-state index is -1.21. The maximum atomic E-state index is 15.7. The summed E-state index contributed by atoms with van der Waals surface area (Å²) in [5.41, 5.74) is 7.40. The van der Waals surface area contributed by atoms with E-state index in [2.05, 4.69) is 55.0 Å². The number of piperidine rings is 1. The van der Waals surface area contributed by atoms with Gasteiger partial charge in [0.05, 0.1) is 35.2 Å². The van der Waals surface area contributed by atoms with Crippen LogP contribution in [-0.2, 0) is 48.9 Å². The average molecular weight is 1080 g/mol. The number of carboxylic acids is 1. The lowest BCUT2D eigenvalue weighted by Gasteiger charge is -2.31. The van der Waals surface area contributed by atoms with Crippen molar-refractivity contribution >= 4 is 86.0 Å². The number of fused-ring (bicyclic) bond motifs is 5. The Morgan fingerprint density at radius 2 is 1.57 bits per heavy atom. The summed E-state index contributed by atoms with van der Waals surface area (Å²) in [5, 5.41) is 39.8. The fourth-order valence-electron chi connectivity index (χ4n) is 9.38. The number of likely N-dealkylation sites (tertiary alicyclic amines) is 1. The van der Waals surface area contributed by atoms with Crippen molar-refractivity contribution in [3.63, 3.8) is 0 Å². The number of hydrogen-bond donors (Lipinski definition) is 5. The standard InChI is InChI=1S/C36H44FN9O7.C17H15ClN4S/c1-22(47)38-12-3-4-13-39-30(48)8-9-33(51)45-14-10-23(11-15-45)36-35-25(26-17-29-24(16-27(26)37)18-42-44(29)2)6-5-7-28(35)46(43-36)21-32(50)40-19-31(49)41-20-34(52)53;1-9-10(2)23-17-15(9)16(12-4-6-13(18)7-5-12)19-8-14-21-20-11(3)22(14)17/h5-7,16-18,23H,3-4,8-15,19-21H2,1-2H3,(H,38,47)(H,39,48)(H,40,50)(H,41,49)(H,52,53);4-7H,8H2,1-3H3. The summed E-state index contributed by atoms with van der Waals surface area (Å²) in [6, 6.07) is 16.4. The number of nitrogens with zero attached hydrogens (tertiary/aromatic N) is 9. The van der Waals surface area contributed by atoms with Crippen LogP contribution in [0.15, 0.2) is 65.8 Å². The lowest BCUT2D eigenvalue weighted by Crippen LogP contribution is -2.40. The molecule has 0 saturated carbocycles. The highest BCUT2D eigenvalue weighted by Gasteiger charge is 2.30. The lowest BCUT2D eigenvalue weighted by molar-refractivity contribution is -0.137. The first-order valence-corrected chi connectivity index (χ1v) is 26.1. The molecule has 0 bridgehead atoms. The van der Waals surface area contributed by atoms with Gasteiger partial charge in [0.25, 0.3) is 0 Å². The summed E-state index contributed by atoms with van der Waals surface area (Å²) >= 11 is 7.80. The molecule has 5 amide bonds. The van der Waals surface area contributed by atoms with Crippen LogP contribution in [0.3, 0.4) is 0 Å². The second-order valence-electron chi connectivity index (χ2n) is 18.7. The zero-order valence-electron chi connectivity index (χ0n) is 42.8. The monoisotopic (exact) mass is 1080 g/mol. The molecule has 0 spiro atoms. The van der Waals surface area contributed by atoms with Crippen molar-refractivity contribution in [2.75, 3.05) is 39.3 Å². The molecule has 0 unspecified atom stereocenters. The molecule has 20 nitrogen and oxygen atoms in total. The van der Waals surface area contributed by atoms with Crippen molar-refractivity contribution in [3.05, 3.63) is 111 Å². The molecule has 2 aliphatic rings. The van der Waals surface area contributed by atoms with Gasteiger partial charge >= 0.3 is 5.97 Å². The van der Waals surface area contributed by atoms with Crippen LogP contribution in [0.1, 0.15) is 90.3 Å². The van der Waals surface area contributed by atoms with Gasteiger partial charge in [-0.05, 0) is 87.9 Å². The molecule has 76 heavy (non-hydrogen) atoms. The number of carbonyl (C=O) groups excluding carboxylic acids is 5. The zero-order valence-corrected chi connectivity index (χ0v) is 44.4. The van der Waals surface area contributed by atoms with Crippen molar-refractivity contribution < 1.29 is 38.3 Å². The maximum absolute atomic E-state index is 15.7. The largest absolute Gasteiger partial charge is 0.480 e. The van der Waals surface area contributed by atoms with Crippen LogP contribution in [0, 0.1) is 26.6 Å². The van der Waals surface area contributed by atoms with E-state index in [1.807, 2.05) is 31.2 Å². The van der Waals surface area contributed by atoms with Crippen LogP contribution < -0.4 is 21.3 Å². The summed E-state index contributed by atoms with van der Waals surface area (Å²) < 4.78 is 21.0. The SMILES string of the molecule is CC(=O)NCCCCNC(=O)CCC(=O)N1CCC(c2nn(CC(=O)NCC(=O)NCC(=O)O)c3cccc(-c4cc5c(cnn5C)cc4F)c23)CC1.Cc1sc2c(c1C)C(c1ccc(Cl)cc1)=NCc1nnc(C)n1-2. The number of hydrogen-bond acceptors (Lipinski definition) is 12. The second-order valence-corrected chi connectivity index (χ2v) is 20.3. The Morgan fingerprint density at radius 3 is 2.29 bits per heavy atom. The molecule has 23 heteroatoms. The summed E-state index contributed by atoms with van der Waals surface area (Å²) in [6.07, 6.45) is 4.27. The number of aryl methyl sites for hydroxylation is 3. The molecule has 5 N–H and O–H groups in total. The van der Waals surface area contributed by atoms with E-state index in [1.54, 1.807) is 58.4 Å². The summed E-state index contributed by atoms with van der Waals surface area (Å²) in [7, 11) is 1.77. The Labute approximate surface area is 446 Å². The molecular weight excluding hydrogens is 1020 g/mol. The highest BCUT2D eigenvalue weighted by atomic mass is 35.5. The maximum Gasteiger partial charge on any atom is 0.322 e. The number of halogens is 2. The smallest absolute Gasteiger partial charge is 0.322 e. The molecule has 7 aromatic rings. The van der Waals surface area contributed by atoms with Gasteiger partial charge in [-0.25, -0.2) is 4.39 Å². The predicted octanol–water partition coefficient (Wildman–Crippen LogP) is 5.82. The Kier molecular flexibility index (Phi) is 17.3. The molecule has 4 aromatic heterocycles. The number of nitrogens with one attached hydrogen (secondary N) is 4. The summed E-state index contributed by atoms with van der Waals surface area (Å²) in [4.78, 5) is 79.9. The number of rotatable bonds is 17. The molecule has 2 aliphatic heterocycles. The Hall–Kier alpha value is -7.85. The van der Waals surface area contributed by atoms with Gasteiger partial charge in [-0.2, -0.15) is 10.2 Å². The first-order chi connectivity index (χ1) is 36.5. The van der Waals surface area contributed by atoms with Gasteiger partial charge in [0.2, 0.25) is 29.5 Å². The van der Waals surface area contributed by atoms with Gasteiger partial charge in [0.15, 0.2) is 5.82 Å². The lowest BCUT2D eigenvalue weighted by atomic mass is 9.88. The fourth-order valence-corrected chi connectivity index (χ4v) is 10.7. The minimum absolute atomic E-state index is 0.0682. The second kappa shape index (κ2) is 24.2. The molecule has 1 fully saturated rings. The zero-order chi connectivity index (χ0) is 54.2. The van der Waals surface area contributed by atoms with Crippen molar-refractivity contribution in [3.8, 4) is 16.1 Å². The molecule has 6 heterocycles. The number of aliphatic carboxylic acids is 1. The van der Waals surface area contributed by atoms with Crippen molar-refractivity contribution in [1.82, 2.24) is 60.5 Å². The molecule has 3 aromatic carbocycles. The molecule has 0 atom stereocenters. The molecule has 1 saturated heterocycles. The normalized spacial score (nSPS) is 13.2. The Balaban J connectivity index is 0.000000274. The van der Waals surface area contributed by atoms with E-state index in [-0.39, 0.29) is 43.0 Å². The van der Waals surface area contributed by atoms with Gasteiger partial charge in [-0.3, -0.25) is 47.7 Å². The number of aliphatic imine (C=N–C) groups is 1. The van der Waals surface area contributed by atoms with E-state index in [0.29, 0.717) is 85.1 Å². The van der Waals surface area contributed by atoms with Crippen LogP contribution >= 0.6 is 22.9 Å². The van der Waals surface area contributed by atoms with Crippen LogP contribution in [0.5, 0.6) is 0 Å². The van der Waals surface area contributed by atoms with E-state index in [4.69, 9.17) is 26.8 Å².